The summed E-state index contributed by atoms with van der Waals surface area (Å²) in [6.07, 6.45) is -4.56. The first-order chi connectivity index (χ1) is 10.1. The van der Waals surface area contributed by atoms with Crippen molar-refractivity contribution >= 4 is 23.3 Å². The zero-order valence-electron chi connectivity index (χ0n) is 11.4. The largest absolute Gasteiger partial charge is 0.512 e. The van der Waals surface area contributed by atoms with Gasteiger partial charge in [-0.1, -0.05) is 23.7 Å². The van der Waals surface area contributed by atoms with Gasteiger partial charge in [0.25, 0.3) is 0 Å². The van der Waals surface area contributed by atoms with Crippen LogP contribution in [0.1, 0.15) is 24.9 Å². The predicted molar refractivity (Wildman–Crippen MR) is 74.4 cm³/mol. The highest BCUT2D eigenvalue weighted by Gasteiger charge is 2.40. The molecule has 0 spiro atoms. The maximum Gasteiger partial charge on any atom is 0.471 e. The number of aliphatic hydroxyl groups excluding tert-OH is 1. The second-order valence-electron chi connectivity index (χ2n) is 4.53. The minimum atomic E-state index is -5.06. The van der Waals surface area contributed by atoms with Crippen molar-refractivity contribution in [2.45, 2.75) is 25.6 Å². The van der Waals surface area contributed by atoms with E-state index in [1.165, 1.54) is 31.2 Å². The number of benzene rings is 1. The number of nitrogens with one attached hydrogen (secondary N) is 1. The topological polar surface area (TPSA) is 66.4 Å². The summed E-state index contributed by atoms with van der Waals surface area (Å²) in [7, 11) is 0. The van der Waals surface area contributed by atoms with Gasteiger partial charge in [0.05, 0.1) is 11.8 Å². The molecule has 0 fully saturated rings. The van der Waals surface area contributed by atoms with E-state index in [0.717, 1.165) is 6.08 Å². The molecule has 1 amide bonds. The summed E-state index contributed by atoms with van der Waals surface area (Å²) in [6, 6.07) is 4.65. The fraction of sp³-hybridized carbons (Fsp3) is 0.286. The molecule has 0 aliphatic heterocycles. The summed E-state index contributed by atoms with van der Waals surface area (Å²) >= 11 is 5.77. The van der Waals surface area contributed by atoms with E-state index in [-0.39, 0.29) is 17.0 Å². The molecule has 0 aromatic heterocycles. The van der Waals surface area contributed by atoms with Crippen molar-refractivity contribution in [1.82, 2.24) is 5.32 Å². The molecule has 120 valence electrons. The summed E-state index contributed by atoms with van der Waals surface area (Å²) < 4.78 is 37.1. The van der Waals surface area contributed by atoms with Crippen LogP contribution in [-0.4, -0.2) is 23.0 Å². The summed E-state index contributed by atoms with van der Waals surface area (Å²) in [5.41, 5.74) is 0.272. The van der Waals surface area contributed by atoms with Crippen LogP contribution in [-0.2, 0) is 9.59 Å². The number of halogens is 4. The van der Waals surface area contributed by atoms with Gasteiger partial charge in [0.15, 0.2) is 5.78 Å². The minimum Gasteiger partial charge on any atom is -0.512 e. The first kappa shape index (κ1) is 18.0. The number of aliphatic hydroxyl groups is 1. The Morgan fingerprint density at radius 2 is 2.05 bits per heavy atom. The first-order valence-electron chi connectivity index (χ1n) is 6.13. The van der Waals surface area contributed by atoms with E-state index >= 15 is 0 Å². The van der Waals surface area contributed by atoms with E-state index in [0.29, 0.717) is 0 Å². The van der Waals surface area contributed by atoms with Gasteiger partial charge in [-0.05, 0) is 24.6 Å². The van der Waals surface area contributed by atoms with Crippen molar-refractivity contribution < 1.29 is 27.9 Å². The Morgan fingerprint density at radius 1 is 1.41 bits per heavy atom. The fourth-order valence-corrected chi connectivity index (χ4v) is 1.92. The molecule has 0 radical (unpaired) electrons. The Kier molecular flexibility index (Phi) is 5.99. The van der Waals surface area contributed by atoms with Crippen LogP contribution in [0.4, 0.5) is 13.2 Å². The van der Waals surface area contributed by atoms with E-state index in [1.54, 1.807) is 5.32 Å². The number of hydrogen-bond acceptors (Lipinski definition) is 3. The zero-order chi connectivity index (χ0) is 16.9. The van der Waals surface area contributed by atoms with Gasteiger partial charge in [0.2, 0.25) is 0 Å². The maximum atomic E-state index is 12.4. The first-order valence-corrected chi connectivity index (χ1v) is 6.50. The van der Waals surface area contributed by atoms with Crippen molar-refractivity contribution in [3.63, 3.8) is 0 Å². The average molecular weight is 336 g/mol. The van der Waals surface area contributed by atoms with Crippen molar-refractivity contribution in [3.8, 4) is 0 Å². The second-order valence-corrected chi connectivity index (χ2v) is 4.97. The van der Waals surface area contributed by atoms with Crippen molar-refractivity contribution in [1.29, 1.82) is 0 Å². The van der Waals surface area contributed by atoms with Gasteiger partial charge >= 0.3 is 12.1 Å². The highest BCUT2D eigenvalue weighted by atomic mass is 35.5. The molecule has 0 aliphatic carbocycles. The standard InChI is InChI=1S/C14H13ClF3NO3/c1-8(20)5-11(21)7-12(19-13(22)14(16,17)18)9-3-2-4-10(15)6-9/h2-6,12,21H,7H2,1H3,(H,19,22)/b11-5-. The van der Waals surface area contributed by atoms with Crippen LogP contribution < -0.4 is 5.32 Å². The van der Waals surface area contributed by atoms with Gasteiger partial charge in [0, 0.05) is 17.5 Å². The molecule has 8 heteroatoms. The Balaban J connectivity index is 3.05. The average Bonchev–Trinajstić information content (AvgIpc) is 2.35. The van der Waals surface area contributed by atoms with E-state index in [9.17, 15) is 27.9 Å². The number of ketones is 1. The summed E-state index contributed by atoms with van der Waals surface area (Å²) in [4.78, 5) is 22.0. The van der Waals surface area contributed by atoms with E-state index in [4.69, 9.17) is 11.6 Å². The highest BCUT2D eigenvalue weighted by molar-refractivity contribution is 6.30. The van der Waals surface area contributed by atoms with Crippen molar-refractivity contribution in [2.24, 2.45) is 0 Å². The van der Waals surface area contributed by atoms with Crippen LogP contribution in [0.3, 0.4) is 0 Å². The van der Waals surface area contributed by atoms with Crippen LogP contribution >= 0.6 is 11.6 Å². The van der Waals surface area contributed by atoms with Gasteiger partial charge in [-0.3, -0.25) is 9.59 Å². The zero-order valence-corrected chi connectivity index (χ0v) is 12.2. The third-order valence-corrected chi connectivity index (χ3v) is 2.83. The number of allylic oxidation sites excluding steroid dienone is 1. The smallest absolute Gasteiger partial charge is 0.471 e. The molecule has 1 aromatic carbocycles. The predicted octanol–water partition coefficient (Wildman–Crippen LogP) is 3.48. The Hall–Kier alpha value is -2.02. The number of carbonyl (C=O) groups excluding carboxylic acids is 2. The molecule has 2 N–H and O–H groups in total. The van der Waals surface area contributed by atoms with Gasteiger partial charge in [-0.2, -0.15) is 13.2 Å². The minimum absolute atomic E-state index is 0.263. The summed E-state index contributed by atoms with van der Waals surface area (Å²) in [6.45, 7) is 1.18. The van der Waals surface area contributed by atoms with Crippen molar-refractivity contribution in [3.05, 3.63) is 46.7 Å². The lowest BCUT2D eigenvalue weighted by Crippen LogP contribution is -2.39. The monoisotopic (exact) mass is 335 g/mol. The molecule has 1 rings (SSSR count). The van der Waals surface area contributed by atoms with Gasteiger partial charge < -0.3 is 10.4 Å². The van der Waals surface area contributed by atoms with Crippen LogP contribution in [0.25, 0.3) is 0 Å². The number of rotatable bonds is 5. The van der Waals surface area contributed by atoms with E-state index < -0.39 is 29.7 Å². The number of hydrogen-bond donors (Lipinski definition) is 2. The van der Waals surface area contributed by atoms with Crippen LogP contribution in [0.5, 0.6) is 0 Å². The van der Waals surface area contributed by atoms with Crippen molar-refractivity contribution in [2.75, 3.05) is 0 Å². The number of amides is 1. The molecule has 4 nitrogen and oxygen atoms in total. The van der Waals surface area contributed by atoms with E-state index in [2.05, 4.69) is 0 Å². The van der Waals surface area contributed by atoms with Gasteiger partial charge in [0.1, 0.15) is 0 Å². The second kappa shape index (κ2) is 7.31. The number of carbonyl (C=O) groups is 2. The highest BCUT2D eigenvalue weighted by Crippen LogP contribution is 2.25. The lowest BCUT2D eigenvalue weighted by molar-refractivity contribution is -0.174. The van der Waals surface area contributed by atoms with Gasteiger partial charge in [-0.25, -0.2) is 0 Å². The Morgan fingerprint density at radius 3 is 2.55 bits per heavy atom. The molecule has 0 heterocycles. The molecule has 0 aliphatic rings. The normalized spacial score (nSPS) is 13.6. The molecular weight excluding hydrogens is 323 g/mol. The lowest BCUT2D eigenvalue weighted by atomic mass is 10.0. The van der Waals surface area contributed by atoms with E-state index in [1.807, 2.05) is 0 Å². The molecule has 1 unspecified atom stereocenters. The fourth-order valence-electron chi connectivity index (χ4n) is 1.72. The summed E-state index contributed by atoms with van der Waals surface area (Å²) in [5, 5.41) is 11.6. The summed E-state index contributed by atoms with van der Waals surface area (Å²) in [5.74, 6) is -3.06. The molecule has 22 heavy (non-hydrogen) atoms. The molecule has 1 aromatic rings. The molecule has 1 atom stereocenters. The molecule has 0 saturated carbocycles. The number of alkyl halides is 3. The molecular formula is C14H13ClF3NO3. The Labute approximate surface area is 129 Å². The van der Waals surface area contributed by atoms with Crippen LogP contribution in [0, 0.1) is 0 Å². The quantitative estimate of drug-likeness (QED) is 0.639. The maximum absolute atomic E-state index is 12.4. The van der Waals surface area contributed by atoms with Crippen LogP contribution in [0.2, 0.25) is 5.02 Å². The third-order valence-electron chi connectivity index (χ3n) is 2.60. The Bertz CT molecular complexity index is 599. The SMILES string of the molecule is CC(=O)/C=C(\O)CC(NC(=O)C(F)(F)F)c1cccc(Cl)c1. The van der Waals surface area contributed by atoms with Crippen LogP contribution in [0.15, 0.2) is 36.1 Å². The molecule has 0 saturated heterocycles. The third kappa shape index (κ3) is 5.77. The van der Waals surface area contributed by atoms with Gasteiger partial charge in [-0.15, -0.1) is 0 Å². The molecule has 0 bridgehead atoms. The lowest BCUT2D eigenvalue weighted by Gasteiger charge is -2.20.